The van der Waals surface area contributed by atoms with Gasteiger partial charge in [-0.1, -0.05) is 23.5 Å². The molecule has 0 radical (unpaired) electrons. The first-order valence-corrected chi connectivity index (χ1v) is 14.0. The highest BCUT2D eigenvalue weighted by atomic mass is 32.1. The SMILES string of the molecule is CCOC(=O)C1=C(C)N=c2s/c(=C/c3ccc(N4CCCCC4)cc3)c(=O)n2[C@H]1c1ccc(OC)cc1OC. The van der Waals surface area contributed by atoms with Gasteiger partial charge in [0.05, 0.1) is 36.6 Å². The average molecular weight is 548 g/mol. The van der Waals surface area contributed by atoms with Gasteiger partial charge in [-0.15, -0.1) is 0 Å². The number of carbonyl (C=O) groups is 1. The number of hydrogen-bond acceptors (Lipinski definition) is 8. The molecule has 3 heterocycles. The van der Waals surface area contributed by atoms with Crippen LogP contribution < -0.4 is 29.3 Å². The Balaban J connectivity index is 1.62. The van der Waals surface area contributed by atoms with Gasteiger partial charge in [0.15, 0.2) is 4.80 Å². The number of ether oxygens (including phenoxy) is 3. The molecule has 0 unspecified atom stereocenters. The van der Waals surface area contributed by atoms with Gasteiger partial charge in [-0.3, -0.25) is 9.36 Å². The number of benzene rings is 2. The van der Waals surface area contributed by atoms with Gasteiger partial charge in [0.1, 0.15) is 17.5 Å². The zero-order valence-electron chi connectivity index (χ0n) is 22.7. The van der Waals surface area contributed by atoms with Crippen molar-refractivity contribution in [2.24, 2.45) is 4.99 Å². The molecule has 0 bridgehead atoms. The molecule has 0 spiro atoms. The van der Waals surface area contributed by atoms with Crippen LogP contribution >= 0.6 is 11.3 Å². The van der Waals surface area contributed by atoms with Crippen LogP contribution in [0, 0.1) is 0 Å². The zero-order valence-corrected chi connectivity index (χ0v) is 23.5. The number of anilines is 1. The highest BCUT2D eigenvalue weighted by Crippen LogP contribution is 2.37. The van der Waals surface area contributed by atoms with Gasteiger partial charge in [-0.25, -0.2) is 9.79 Å². The molecule has 39 heavy (non-hydrogen) atoms. The fraction of sp³-hybridized carbons (Fsp3) is 0.367. The van der Waals surface area contributed by atoms with Gasteiger partial charge in [0.2, 0.25) is 0 Å². The molecule has 2 aliphatic heterocycles. The van der Waals surface area contributed by atoms with E-state index in [1.807, 2.05) is 24.3 Å². The summed E-state index contributed by atoms with van der Waals surface area (Å²) in [6.07, 6.45) is 5.61. The van der Waals surface area contributed by atoms with Gasteiger partial charge >= 0.3 is 5.97 Å². The van der Waals surface area contributed by atoms with E-state index in [1.54, 1.807) is 44.8 Å². The number of hydrogen-bond donors (Lipinski definition) is 0. The minimum atomic E-state index is -0.759. The fourth-order valence-electron chi connectivity index (χ4n) is 5.21. The predicted octanol–water partition coefficient (Wildman–Crippen LogP) is 3.81. The van der Waals surface area contributed by atoms with Crippen LogP contribution in [0.2, 0.25) is 0 Å². The maximum atomic E-state index is 13.9. The Bertz CT molecular complexity index is 1580. The largest absolute Gasteiger partial charge is 0.497 e. The molecule has 0 aliphatic carbocycles. The van der Waals surface area contributed by atoms with Crippen molar-refractivity contribution in [3.05, 3.63) is 84.5 Å². The molecule has 5 rings (SSSR count). The van der Waals surface area contributed by atoms with Gasteiger partial charge < -0.3 is 19.1 Å². The summed E-state index contributed by atoms with van der Waals surface area (Å²) in [5.74, 6) is 0.595. The topological polar surface area (TPSA) is 82.4 Å². The second kappa shape index (κ2) is 11.5. The summed E-state index contributed by atoms with van der Waals surface area (Å²) in [6, 6.07) is 12.9. The highest BCUT2D eigenvalue weighted by molar-refractivity contribution is 7.07. The molecule has 1 saturated heterocycles. The first-order chi connectivity index (χ1) is 18.9. The standard InChI is InChI=1S/C30H33N3O5S/c1-5-38-29(35)26-19(2)31-30-33(27(26)23-14-13-22(36-3)18-24(23)37-4)28(34)25(39-30)17-20-9-11-21(12-10-20)32-15-7-6-8-16-32/h9-14,17-18,27H,5-8,15-16H2,1-4H3/b25-17+/t27-/m0/s1. The third kappa shape index (κ3) is 5.23. The minimum absolute atomic E-state index is 0.208. The van der Waals surface area contributed by atoms with Crippen molar-refractivity contribution in [2.75, 3.05) is 38.8 Å². The van der Waals surface area contributed by atoms with E-state index in [-0.39, 0.29) is 12.2 Å². The fourth-order valence-corrected chi connectivity index (χ4v) is 6.26. The van der Waals surface area contributed by atoms with Crippen molar-refractivity contribution in [1.82, 2.24) is 4.57 Å². The molecule has 1 atom stereocenters. The Morgan fingerprint density at radius 2 is 1.82 bits per heavy atom. The summed E-state index contributed by atoms with van der Waals surface area (Å²) in [5, 5.41) is 0. The number of esters is 1. The smallest absolute Gasteiger partial charge is 0.338 e. The lowest BCUT2D eigenvalue weighted by molar-refractivity contribution is -0.139. The van der Waals surface area contributed by atoms with Crippen molar-refractivity contribution in [3.8, 4) is 11.5 Å². The van der Waals surface area contributed by atoms with Crippen molar-refractivity contribution in [1.29, 1.82) is 0 Å². The van der Waals surface area contributed by atoms with E-state index in [2.05, 4.69) is 22.0 Å². The number of allylic oxidation sites excluding steroid dienone is 1. The van der Waals surface area contributed by atoms with Crippen LogP contribution in [0.15, 0.2) is 63.5 Å². The maximum Gasteiger partial charge on any atom is 0.338 e. The molecule has 1 fully saturated rings. The molecular weight excluding hydrogens is 514 g/mol. The number of aromatic nitrogens is 1. The van der Waals surface area contributed by atoms with Crippen LogP contribution in [0.25, 0.3) is 6.08 Å². The van der Waals surface area contributed by atoms with Crippen LogP contribution in [-0.2, 0) is 9.53 Å². The number of carbonyl (C=O) groups excluding carboxylic acids is 1. The summed E-state index contributed by atoms with van der Waals surface area (Å²) < 4.78 is 18.5. The second-order valence-electron chi connectivity index (χ2n) is 9.55. The highest BCUT2D eigenvalue weighted by Gasteiger charge is 2.35. The Labute approximate surface area is 231 Å². The van der Waals surface area contributed by atoms with E-state index in [9.17, 15) is 9.59 Å². The van der Waals surface area contributed by atoms with Crippen LogP contribution in [0.1, 0.15) is 50.3 Å². The lowest BCUT2D eigenvalue weighted by atomic mass is 9.95. The number of nitrogens with zero attached hydrogens (tertiary/aromatic N) is 3. The van der Waals surface area contributed by atoms with E-state index in [0.29, 0.717) is 37.7 Å². The monoisotopic (exact) mass is 547 g/mol. The summed E-state index contributed by atoms with van der Waals surface area (Å²) >= 11 is 1.31. The molecule has 2 aliphatic rings. The summed E-state index contributed by atoms with van der Waals surface area (Å²) in [5.41, 5.74) is 3.38. The van der Waals surface area contributed by atoms with Crippen molar-refractivity contribution in [3.63, 3.8) is 0 Å². The Hall–Kier alpha value is -3.85. The number of methoxy groups -OCH3 is 2. The summed E-state index contributed by atoms with van der Waals surface area (Å²) in [6.45, 7) is 5.89. The lowest BCUT2D eigenvalue weighted by Crippen LogP contribution is -2.40. The number of rotatable bonds is 7. The normalized spacial score (nSPS) is 17.5. The molecule has 1 aromatic heterocycles. The first kappa shape index (κ1) is 26.7. The van der Waals surface area contributed by atoms with Crippen molar-refractivity contribution >= 4 is 29.1 Å². The van der Waals surface area contributed by atoms with E-state index >= 15 is 0 Å². The second-order valence-corrected chi connectivity index (χ2v) is 10.6. The van der Waals surface area contributed by atoms with Crippen molar-refractivity contribution < 1.29 is 19.0 Å². The Kier molecular flexibility index (Phi) is 7.88. The van der Waals surface area contributed by atoms with Gasteiger partial charge in [0.25, 0.3) is 5.56 Å². The van der Waals surface area contributed by atoms with Crippen LogP contribution in [0.3, 0.4) is 0 Å². The number of piperidine rings is 1. The molecule has 204 valence electrons. The van der Waals surface area contributed by atoms with Crippen LogP contribution in [-0.4, -0.2) is 44.5 Å². The lowest BCUT2D eigenvalue weighted by Gasteiger charge is -2.28. The molecule has 0 saturated carbocycles. The molecule has 9 heteroatoms. The molecule has 0 N–H and O–H groups in total. The third-order valence-electron chi connectivity index (χ3n) is 7.16. The minimum Gasteiger partial charge on any atom is -0.497 e. The molecule has 8 nitrogen and oxygen atoms in total. The number of fused-ring (bicyclic) bond motifs is 1. The molecule has 2 aromatic carbocycles. The quantitative estimate of drug-likeness (QED) is 0.419. The molecule has 3 aromatic rings. The van der Waals surface area contributed by atoms with E-state index in [1.165, 1.54) is 36.3 Å². The number of thiazole rings is 1. The zero-order chi connectivity index (χ0) is 27.5. The Morgan fingerprint density at radius 1 is 1.08 bits per heavy atom. The van der Waals surface area contributed by atoms with E-state index < -0.39 is 12.0 Å². The summed E-state index contributed by atoms with van der Waals surface area (Å²) in [7, 11) is 3.13. The predicted molar refractivity (Wildman–Crippen MR) is 152 cm³/mol. The first-order valence-electron chi connectivity index (χ1n) is 13.2. The van der Waals surface area contributed by atoms with E-state index in [4.69, 9.17) is 14.2 Å². The summed E-state index contributed by atoms with van der Waals surface area (Å²) in [4.78, 5) is 34.7. The maximum absolute atomic E-state index is 13.9. The van der Waals surface area contributed by atoms with Gasteiger partial charge in [-0.2, -0.15) is 0 Å². The van der Waals surface area contributed by atoms with E-state index in [0.717, 1.165) is 18.7 Å². The molecule has 0 amide bonds. The van der Waals surface area contributed by atoms with Gasteiger partial charge in [-0.05, 0) is 69.0 Å². The third-order valence-corrected chi connectivity index (χ3v) is 8.15. The van der Waals surface area contributed by atoms with Crippen LogP contribution in [0.4, 0.5) is 5.69 Å². The Morgan fingerprint density at radius 3 is 2.49 bits per heavy atom. The van der Waals surface area contributed by atoms with Crippen molar-refractivity contribution in [2.45, 2.75) is 39.2 Å². The van der Waals surface area contributed by atoms with Crippen LogP contribution in [0.5, 0.6) is 11.5 Å². The van der Waals surface area contributed by atoms with Gasteiger partial charge in [0, 0.05) is 30.4 Å². The molecular formula is C30H33N3O5S. The average Bonchev–Trinajstić information content (AvgIpc) is 3.26.